The maximum atomic E-state index is 5.70. The van der Waals surface area contributed by atoms with Crippen LogP contribution in [0.1, 0.15) is 31.4 Å². The Morgan fingerprint density at radius 3 is 2.31 bits per heavy atom. The smallest absolute Gasteiger partial charge is 0.137 e. The highest BCUT2D eigenvalue weighted by atomic mass is 15.3. The molecule has 4 nitrogen and oxygen atoms in total. The van der Waals surface area contributed by atoms with Crippen molar-refractivity contribution in [2.45, 2.75) is 26.7 Å². The van der Waals surface area contributed by atoms with Gasteiger partial charge in [0.05, 0.1) is 0 Å². The zero-order valence-electron chi connectivity index (χ0n) is 8.78. The van der Waals surface area contributed by atoms with Gasteiger partial charge in [-0.05, 0) is 12.8 Å². The van der Waals surface area contributed by atoms with E-state index in [9.17, 15) is 0 Å². The van der Waals surface area contributed by atoms with Crippen LogP contribution in [-0.2, 0) is 7.05 Å². The first-order chi connectivity index (χ1) is 6.07. The highest BCUT2D eigenvalue weighted by molar-refractivity contribution is 5.01. The molecule has 1 rings (SSSR count). The molecular formula is C9H18N4. The van der Waals surface area contributed by atoms with Gasteiger partial charge in [-0.3, -0.25) is 0 Å². The summed E-state index contributed by atoms with van der Waals surface area (Å²) < 4.78 is 2.01. The van der Waals surface area contributed by atoms with Crippen LogP contribution in [0.4, 0.5) is 0 Å². The van der Waals surface area contributed by atoms with Gasteiger partial charge in [0.2, 0.25) is 0 Å². The monoisotopic (exact) mass is 182 g/mol. The molecular weight excluding hydrogens is 164 g/mol. The van der Waals surface area contributed by atoms with E-state index in [0.29, 0.717) is 18.4 Å². The molecule has 0 saturated carbocycles. The molecule has 1 heterocycles. The lowest BCUT2D eigenvalue weighted by Gasteiger charge is -2.17. The van der Waals surface area contributed by atoms with E-state index in [0.717, 1.165) is 11.6 Å². The van der Waals surface area contributed by atoms with Crippen LogP contribution in [0.15, 0.2) is 0 Å². The molecule has 1 aromatic rings. The average molecular weight is 182 g/mol. The zero-order valence-corrected chi connectivity index (χ0v) is 8.78. The Morgan fingerprint density at radius 2 is 2.00 bits per heavy atom. The van der Waals surface area contributed by atoms with Crippen molar-refractivity contribution >= 4 is 0 Å². The largest absolute Gasteiger partial charge is 0.330 e. The van der Waals surface area contributed by atoms with Crippen LogP contribution >= 0.6 is 0 Å². The number of hydrogen-bond donors (Lipinski definition) is 1. The highest BCUT2D eigenvalue weighted by Gasteiger charge is 2.19. The van der Waals surface area contributed by atoms with E-state index in [4.69, 9.17) is 5.73 Å². The number of nitrogens with two attached hydrogens (primary N) is 1. The number of aromatic nitrogens is 3. The molecule has 0 radical (unpaired) electrons. The Bertz CT molecular complexity index is 277. The molecule has 0 amide bonds. The molecule has 0 aromatic carbocycles. The summed E-state index contributed by atoms with van der Waals surface area (Å²) in [4.78, 5) is 0. The predicted molar refractivity (Wildman–Crippen MR) is 52.4 cm³/mol. The first-order valence-corrected chi connectivity index (χ1v) is 4.63. The van der Waals surface area contributed by atoms with Crippen molar-refractivity contribution in [3.05, 3.63) is 11.6 Å². The fraction of sp³-hybridized carbons (Fsp3) is 0.778. The summed E-state index contributed by atoms with van der Waals surface area (Å²) in [5.74, 6) is 2.75. The standard InChI is InChI=1S/C9H18N4/c1-6(2)8(5-10)9-12-11-7(3)13(9)4/h6,8H,5,10H2,1-4H3. The molecule has 2 N–H and O–H groups in total. The second-order valence-electron chi connectivity index (χ2n) is 3.75. The Kier molecular flexibility index (Phi) is 3.03. The second-order valence-corrected chi connectivity index (χ2v) is 3.75. The first kappa shape index (κ1) is 10.2. The van der Waals surface area contributed by atoms with Gasteiger partial charge in [-0.1, -0.05) is 13.8 Å². The van der Waals surface area contributed by atoms with E-state index in [-0.39, 0.29) is 0 Å². The quantitative estimate of drug-likeness (QED) is 0.753. The molecule has 0 spiro atoms. The van der Waals surface area contributed by atoms with Crippen LogP contribution in [0.3, 0.4) is 0 Å². The minimum Gasteiger partial charge on any atom is -0.330 e. The third kappa shape index (κ3) is 1.88. The van der Waals surface area contributed by atoms with E-state index in [2.05, 4.69) is 24.0 Å². The summed E-state index contributed by atoms with van der Waals surface area (Å²) in [5.41, 5.74) is 5.70. The number of hydrogen-bond acceptors (Lipinski definition) is 3. The van der Waals surface area contributed by atoms with E-state index >= 15 is 0 Å². The van der Waals surface area contributed by atoms with Gasteiger partial charge in [0.15, 0.2) is 0 Å². The fourth-order valence-corrected chi connectivity index (χ4v) is 1.42. The Hall–Kier alpha value is -0.900. The summed E-state index contributed by atoms with van der Waals surface area (Å²) >= 11 is 0. The van der Waals surface area contributed by atoms with Gasteiger partial charge in [0.1, 0.15) is 11.6 Å². The van der Waals surface area contributed by atoms with Crippen LogP contribution in [-0.4, -0.2) is 21.3 Å². The summed E-state index contributed by atoms with van der Waals surface area (Å²) in [5, 5.41) is 8.17. The SMILES string of the molecule is Cc1nnc(C(CN)C(C)C)n1C. The molecule has 0 saturated heterocycles. The van der Waals surface area contributed by atoms with Crippen molar-refractivity contribution in [2.75, 3.05) is 6.54 Å². The molecule has 74 valence electrons. The minimum absolute atomic E-state index is 0.311. The van der Waals surface area contributed by atoms with Crippen LogP contribution < -0.4 is 5.73 Å². The van der Waals surface area contributed by atoms with Gasteiger partial charge in [0.25, 0.3) is 0 Å². The molecule has 0 aliphatic carbocycles. The molecule has 1 atom stereocenters. The van der Waals surface area contributed by atoms with Gasteiger partial charge >= 0.3 is 0 Å². The maximum Gasteiger partial charge on any atom is 0.137 e. The van der Waals surface area contributed by atoms with Gasteiger partial charge in [-0.2, -0.15) is 0 Å². The third-order valence-corrected chi connectivity index (χ3v) is 2.52. The maximum absolute atomic E-state index is 5.70. The fourth-order valence-electron chi connectivity index (χ4n) is 1.42. The van der Waals surface area contributed by atoms with Crippen LogP contribution in [0.25, 0.3) is 0 Å². The van der Waals surface area contributed by atoms with Crippen LogP contribution in [0.2, 0.25) is 0 Å². The lowest BCUT2D eigenvalue weighted by Crippen LogP contribution is -2.21. The van der Waals surface area contributed by atoms with Gasteiger partial charge in [-0.15, -0.1) is 10.2 Å². The summed E-state index contributed by atoms with van der Waals surface area (Å²) in [6, 6.07) is 0. The van der Waals surface area contributed by atoms with E-state index in [1.807, 2.05) is 18.5 Å². The highest BCUT2D eigenvalue weighted by Crippen LogP contribution is 2.20. The topological polar surface area (TPSA) is 56.7 Å². The molecule has 1 aromatic heterocycles. The minimum atomic E-state index is 0.311. The van der Waals surface area contributed by atoms with Crippen molar-refractivity contribution in [2.24, 2.45) is 18.7 Å². The molecule has 13 heavy (non-hydrogen) atoms. The number of aryl methyl sites for hydroxylation is 1. The van der Waals surface area contributed by atoms with Crippen molar-refractivity contribution in [3.63, 3.8) is 0 Å². The van der Waals surface area contributed by atoms with E-state index in [1.165, 1.54) is 0 Å². The predicted octanol–water partition coefficient (Wildman–Crippen LogP) is 0.822. The van der Waals surface area contributed by atoms with Gasteiger partial charge in [-0.25, -0.2) is 0 Å². The lowest BCUT2D eigenvalue weighted by atomic mass is 9.95. The third-order valence-electron chi connectivity index (χ3n) is 2.52. The first-order valence-electron chi connectivity index (χ1n) is 4.63. The summed E-state index contributed by atoms with van der Waals surface area (Å²) in [6.45, 7) is 6.89. The van der Waals surface area contributed by atoms with Crippen molar-refractivity contribution in [1.82, 2.24) is 14.8 Å². The van der Waals surface area contributed by atoms with Gasteiger partial charge < -0.3 is 10.3 Å². The lowest BCUT2D eigenvalue weighted by molar-refractivity contribution is 0.469. The molecule has 0 fully saturated rings. The van der Waals surface area contributed by atoms with Crippen molar-refractivity contribution < 1.29 is 0 Å². The molecule has 4 heteroatoms. The molecule has 0 aliphatic rings. The summed E-state index contributed by atoms with van der Waals surface area (Å²) in [6.07, 6.45) is 0. The van der Waals surface area contributed by atoms with Gasteiger partial charge in [0, 0.05) is 19.5 Å². The van der Waals surface area contributed by atoms with Crippen molar-refractivity contribution in [1.29, 1.82) is 0 Å². The average Bonchev–Trinajstić information content (AvgIpc) is 2.37. The summed E-state index contributed by atoms with van der Waals surface area (Å²) in [7, 11) is 1.98. The molecule has 1 unspecified atom stereocenters. The van der Waals surface area contributed by atoms with E-state index in [1.54, 1.807) is 0 Å². The van der Waals surface area contributed by atoms with E-state index < -0.39 is 0 Å². The molecule has 0 aliphatic heterocycles. The second kappa shape index (κ2) is 3.87. The molecule has 0 bridgehead atoms. The zero-order chi connectivity index (χ0) is 10.0. The Labute approximate surface area is 79.2 Å². The number of rotatable bonds is 3. The Morgan fingerprint density at radius 1 is 1.38 bits per heavy atom. The van der Waals surface area contributed by atoms with Crippen LogP contribution in [0.5, 0.6) is 0 Å². The number of nitrogens with zero attached hydrogens (tertiary/aromatic N) is 3. The normalized spacial score (nSPS) is 13.7. The Balaban J connectivity index is 2.98. The van der Waals surface area contributed by atoms with Crippen LogP contribution in [0, 0.1) is 12.8 Å². The van der Waals surface area contributed by atoms with Crippen molar-refractivity contribution in [3.8, 4) is 0 Å².